The largest absolute Gasteiger partial charge is 0.493 e. The van der Waals surface area contributed by atoms with Gasteiger partial charge in [-0.1, -0.05) is 26.3 Å². The van der Waals surface area contributed by atoms with Gasteiger partial charge in [0.2, 0.25) is 10.0 Å². The zero-order chi connectivity index (χ0) is 27.4. The van der Waals surface area contributed by atoms with E-state index in [2.05, 4.69) is 27.3 Å². The molecule has 0 amide bonds. The van der Waals surface area contributed by atoms with E-state index >= 15 is 0 Å². The summed E-state index contributed by atoms with van der Waals surface area (Å²) in [5, 5.41) is 7.76. The lowest BCUT2D eigenvalue weighted by molar-refractivity contribution is 0.318. The van der Waals surface area contributed by atoms with Gasteiger partial charge in [-0.3, -0.25) is 14.5 Å². The molecule has 4 heterocycles. The topological polar surface area (TPSA) is 135 Å². The molecule has 3 aromatic heterocycles. The van der Waals surface area contributed by atoms with Gasteiger partial charge in [0, 0.05) is 32.4 Å². The molecule has 11 nitrogen and oxygen atoms in total. The molecule has 5 rings (SSSR count). The zero-order valence-corrected chi connectivity index (χ0v) is 23.0. The fourth-order valence-electron chi connectivity index (χ4n) is 4.68. The molecule has 0 saturated carbocycles. The smallest absolute Gasteiger partial charge is 0.279 e. The molecule has 1 saturated heterocycles. The van der Waals surface area contributed by atoms with Crippen molar-refractivity contribution in [1.82, 2.24) is 34.4 Å². The lowest BCUT2D eigenvalue weighted by Crippen LogP contribution is -2.46. The van der Waals surface area contributed by atoms with Gasteiger partial charge in [-0.05, 0) is 43.2 Å². The Hall–Kier alpha value is -3.61. The van der Waals surface area contributed by atoms with E-state index in [1.807, 2.05) is 25.1 Å². The summed E-state index contributed by atoms with van der Waals surface area (Å²) in [5.74, 6) is 0.697. The van der Waals surface area contributed by atoms with Gasteiger partial charge in [0.15, 0.2) is 5.52 Å². The number of aryl methyl sites for hydroxylation is 1. The van der Waals surface area contributed by atoms with Crippen LogP contribution < -0.4 is 15.6 Å². The molecule has 0 aliphatic carbocycles. The molecule has 0 unspecified atom stereocenters. The van der Waals surface area contributed by atoms with Gasteiger partial charge in [0.05, 0.1) is 35.0 Å². The number of nitrogens with one attached hydrogen (secondary N) is 2. The summed E-state index contributed by atoms with van der Waals surface area (Å²) in [6, 6.07) is 10.4. The lowest BCUT2D eigenvalue weighted by Gasteiger charge is -2.27. The fourth-order valence-corrected chi connectivity index (χ4v) is 6.15. The summed E-state index contributed by atoms with van der Waals surface area (Å²) >= 11 is 0. The van der Waals surface area contributed by atoms with Gasteiger partial charge >= 0.3 is 0 Å². The standard InChI is InChI=1S/C27H33N7O4S/c1-3-7-22-24-25(32-34(22)18-19-8-5-6-11-29-19)27(35)31-26(30-24)21-17-20(9-10-23(21)38-16-4-2)39(36,37)33-14-12-28-13-15-33/h5-6,8-11,17,28H,3-4,7,12-16,18H2,1-2H3,(H,30,31,35). The molecule has 4 aromatic rings. The van der Waals surface area contributed by atoms with Crippen LogP contribution in [0.3, 0.4) is 0 Å². The first-order chi connectivity index (χ1) is 18.9. The van der Waals surface area contributed by atoms with Crippen LogP contribution in [0.25, 0.3) is 22.4 Å². The molecule has 0 bridgehead atoms. The van der Waals surface area contributed by atoms with E-state index in [0.717, 1.165) is 24.2 Å². The van der Waals surface area contributed by atoms with E-state index in [9.17, 15) is 13.2 Å². The Bertz CT molecular complexity index is 1610. The first kappa shape index (κ1) is 27.0. The number of sulfonamides is 1. The molecule has 1 aromatic carbocycles. The van der Waals surface area contributed by atoms with Gasteiger partial charge in [-0.2, -0.15) is 9.40 Å². The molecule has 2 N–H and O–H groups in total. The average molecular weight is 552 g/mol. The minimum Gasteiger partial charge on any atom is -0.493 e. The number of aromatic nitrogens is 5. The highest BCUT2D eigenvalue weighted by Crippen LogP contribution is 2.32. The molecule has 0 spiro atoms. The van der Waals surface area contributed by atoms with Gasteiger partial charge in [-0.25, -0.2) is 13.4 Å². The number of hydrogen-bond donors (Lipinski definition) is 2. The first-order valence-electron chi connectivity index (χ1n) is 13.3. The number of aromatic amines is 1. The number of H-pyrrole nitrogens is 1. The predicted octanol–water partition coefficient (Wildman–Crippen LogP) is 2.57. The monoisotopic (exact) mass is 551 g/mol. The van der Waals surface area contributed by atoms with Crippen molar-refractivity contribution >= 4 is 21.1 Å². The number of benzene rings is 1. The van der Waals surface area contributed by atoms with Crippen LogP contribution in [0.1, 0.15) is 38.1 Å². The van der Waals surface area contributed by atoms with Gasteiger partial charge in [-0.15, -0.1) is 0 Å². The third-order valence-corrected chi connectivity index (χ3v) is 8.50. The Labute approximate surface area is 227 Å². The zero-order valence-electron chi connectivity index (χ0n) is 22.2. The Morgan fingerprint density at radius 3 is 2.59 bits per heavy atom. The fraction of sp³-hybridized carbons (Fsp3) is 0.407. The molecular weight excluding hydrogens is 518 g/mol. The normalized spacial score (nSPS) is 14.6. The summed E-state index contributed by atoms with van der Waals surface area (Å²) < 4.78 is 36.1. The number of pyridine rings is 1. The van der Waals surface area contributed by atoms with Crippen LogP contribution in [0, 0.1) is 0 Å². The van der Waals surface area contributed by atoms with E-state index in [4.69, 9.17) is 9.72 Å². The number of ether oxygens (including phenoxy) is 1. The van der Waals surface area contributed by atoms with Crippen LogP contribution in [-0.4, -0.2) is 70.2 Å². The Morgan fingerprint density at radius 2 is 1.87 bits per heavy atom. The van der Waals surface area contributed by atoms with Crippen molar-refractivity contribution in [2.45, 2.75) is 44.6 Å². The number of piperazine rings is 1. The molecule has 1 fully saturated rings. The Kier molecular flexibility index (Phi) is 8.05. The second-order valence-electron chi connectivity index (χ2n) is 9.45. The minimum atomic E-state index is -3.74. The van der Waals surface area contributed by atoms with Crippen LogP contribution in [0.2, 0.25) is 0 Å². The molecule has 12 heteroatoms. The van der Waals surface area contributed by atoms with E-state index < -0.39 is 15.6 Å². The quantitative estimate of drug-likeness (QED) is 0.307. The summed E-state index contributed by atoms with van der Waals surface area (Å²) in [6.45, 7) is 6.86. The van der Waals surface area contributed by atoms with Crippen molar-refractivity contribution in [1.29, 1.82) is 0 Å². The Morgan fingerprint density at radius 1 is 1.05 bits per heavy atom. The minimum absolute atomic E-state index is 0.130. The number of nitrogens with zero attached hydrogens (tertiary/aromatic N) is 5. The average Bonchev–Trinajstić information content (AvgIpc) is 3.30. The van der Waals surface area contributed by atoms with Crippen LogP contribution in [0.15, 0.2) is 52.3 Å². The highest BCUT2D eigenvalue weighted by Gasteiger charge is 2.28. The molecule has 0 radical (unpaired) electrons. The summed E-state index contributed by atoms with van der Waals surface area (Å²) in [4.78, 5) is 25.5. The summed E-state index contributed by atoms with van der Waals surface area (Å²) in [7, 11) is -3.74. The van der Waals surface area contributed by atoms with Gasteiger partial charge < -0.3 is 15.0 Å². The van der Waals surface area contributed by atoms with E-state index in [1.165, 1.54) is 4.31 Å². The van der Waals surface area contributed by atoms with Crippen molar-refractivity contribution in [3.8, 4) is 17.1 Å². The van der Waals surface area contributed by atoms with Crippen molar-refractivity contribution < 1.29 is 13.2 Å². The van der Waals surface area contributed by atoms with Crippen LogP contribution in [0.4, 0.5) is 0 Å². The second kappa shape index (κ2) is 11.6. The van der Waals surface area contributed by atoms with Crippen LogP contribution in [-0.2, 0) is 23.0 Å². The van der Waals surface area contributed by atoms with E-state index in [1.54, 1.807) is 29.1 Å². The maximum absolute atomic E-state index is 13.4. The molecule has 1 aliphatic rings. The van der Waals surface area contributed by atoms with Crippen molar-refractivity contribution in [3.05, 3.63) is 64.3 Å². The SMILES string of the molecule is CCCOc1ccc(S(=O)(=O)N2CCNCC2)cc1-c1nc2c(CCC)n(Cc3ccccn3)nc2c(=O)[nH]1. The maximum atomic E-state index is 13.4. The number of hydrogen-bond acceptors (Lipinski definition) is 8. The van der Waals surface area contributed by atoms with Crippen molar-refractivity contribution in [3.63, 3.8) is 0 Å². The van der Waals surface area contributed by atoms with Gasteiger partial charge in [0.25, 0.3) is 5.56 Å². The molecule has 206 valence electrons. The molecule has 39 heavy (non-hydrogen) atoms. The second-order valence-corrected chi connectivity index (χ2v) is 11.4. The maximum Gasteiger partial charge on any atom is 0.279 e. The van der Waals surface area contributed by atoms with Crippen LogP contribution >= 0.6 is 0 Å². The molecular formula is C27H33N7O4S. The van der Waals surface area contributed by atoms with E-state index in [0.29, 0.717) is 62.6 Å². The highest BCUT2D eigenvalue weighted by molar-refractivity contribution is 7.89. The van der Waals surface area contributed by atoms with Crippen molar-refractivity contribution in [2.75, 3.05) is 32.8 Å². The summed E-state index contributed by atoms with van der Waals surface area (Å²) in [5.41, 5.74) is 2.39. The predicted molar refractivity (Wildman–Crippen MR) is 148 cm³/mol. The third kappa shape index (κ3) is 5.58. The van der Waals surface area contributed by atoms with Crippen molar-refractivity contribution in [2.24, 2.45) is 0 Å². The number of fused-ring (bicyclic) bond motifs is 1. The van der Waals surface area contributed by atoms with Crippen LogP contribution in [0.5, 0.6) is 5.75 Å². The molecule has 0 atom stereocenters. The third-order valence-electron chi connectivity index (χ3n) is 6.61. The summed E-state index contributed by atoms with van der Waals surface area (Å²) in [6.07, 6.45) is 3.98. The Balaban J connectivity index is 1.64. The lowest BCUT2D eigenvalue weighted by atomic mass is 10.1. The van der Waals surface area contributed by atoms with E-state index in [-0.39, 0.29) is 16.2 Å². The molecule has 1 aliphatic heterocycles. The number of rotatable bonds is 10. The first-order valence-corrected chi connectivity index (χ1v) is 14.7. The highest BCUT2D eigenvalue weighted by atomic mass is 32.2. The van der Waals surface area contributed by atoms with Gasteiger partial charge in [0.1, 0.15) is 17.1 Å².